The molecule has 0 aromatic heterocycles. The van der Waals surface area contributed by atoms with E-state index in [2.05, 4.69) is 5.32 Å². The lowest BCUT2D eigenvalue weighted by atomic mass is 10.1. The van der Waals surface area contributed by atoms with Crippen molar-refractivity contribution >= 4 is 28.7 Å². The van der Waals surface area contributed by atoms with Gasteiger partial charge in [-0.2, -0.15) is 0 Å². The Hall–Kier alpha value is -2.27. The van der Waals surface area contributed by atoms with Gasteiger partial charge >= 0.3 is 0 Å². The number of nitro benzene ring substituents is 1. The van der Waals surface area contributed by atoms with Crippen LogP contribution in [0.25, 0.3) is 0 Å². The van der Waals surface area contributed by atoms with Crippen molar-refractivity contribution < 1.29 is 4.92 Å². The zero-order chi connectivity index (χ0) is 15.0. The maximum atomic E-state index is 11.1. The second-order valence-electron chi connectivity index (χ2n) is 5.11. The van der Waals surface area contributed by atoms with Crippen LogP contribution in [0.5, 0.6) is 0 Å². The predicted octanol–water partition coefficient (Wildman–Crippen LogP) is 3.93. The predicted molar refractivity (Wildman–Crippen MR) is 83.6 cm³/mol. The molecule has 2 aromatic carbocycles. The molecule has 0 aliphatic heterocycles. The first-order valence-corrected chi connectivity index (χ1v) is 7.01. The van der Waals surface area contributed by atoms with Gasteiger partial charge in [-0.05, 0) is 48.2 Å². The van der Waals surface area contributed by atoms with Crippen LogP contribution < -0.4 is 11.1 Å². The van der Waals surface area contributed by atoms with Crippen LogP contribution >= 0.6 is 11.6 Å². The highest BCUT2D eigenvalue weighted by Crippen LogP contribution is 2.37. The molecule has 1 unspecified atom stereocenters. The van der Waals surface area contributed by atoms with Crippen LogP contribution in [-0.2, 0) is 6.42 Å². The van der Waals surface area contributed by atoms with Gasteiger partial charge in [-0.3, -0.25) is 10.1 Å². The van der Waals surface area contributed by atoms with Gasteiger partial charge in [0.1, 0.15) is 5.69 Å². The topological polar surface area (TPSA) is 81.2 Å². The fourth-order valence-corrected chi connectivity index (χ4v) is 2.93. The van der Waals surface area contributed by atoms with Gasteiger partial charge < -0.3 is 11.1 Å². The van der Waals surface area contributed by atoms with E-state index in [1.54, 1.807) is 6.07 Å². The number of hydrogen-bond acceptors (Lipinski definition) is 4. The van der Waals surface area contributed by atoms with Crippen molar-refractivity contribution in [2.75, 3.05) is 11.1 Å². The summed E-state index contributed by atoms with van der Waals surface area (Å²) in [5.41, 5.74) is 9.33. The van der Waals surface area contributed by atoms with Gasteiger partial charge in [0.15, 0.2) is 0 Å². The molecule has 0 bridgehead atoms. The molecule has 0 saturated heterocycles. The minimum atomic E-state index is -0.405. The molecule has 108 valence electrons. The molecular formula is C15H14ClN3O2. The zero-order valence-corrected chi connectivity index (χ0v) is 11.9. The number of hydrogen-bond donors (Lipinski definition) is 2. The minimum absolute atomic E-state index is 0.0308. The average Bonchev–Trinajstić information content (AvgIpc) is 2.81. The largest absolute Gasteiger partial charge is 0.399 e. The fourth-order valence-electron chi connectivity index (χ4n) is 2.76. The number of nitrogens with two attached hydrogens (primary N) is 1. The highest BCUT2D eigenvalue weighted by atomic mass is 35.5. The number of nitrogens with zero attached hydrogens (tertiary/aromatic N) is 1. The molecule has 3 rings (SSSR count). The van der Waals surface area contributed by atoms with E-state index in [0.29, 0.717) is 10.7 Å². The van der Waals surface area contributed by atoms with Gasteiger partial charge in [-0.15, -0.1) is 0 Å². The summed E-state index contributed by atoms with van der Waals surface area (Å²) in [5.74, 6) is 0. The fraction of sp³-hybridized carbons (Fsp3) is 0.200. The normalized spacial score (nSPS) is 16.5. The van der Waals surface area contributed by atoms with Crippen molar-refractivity contribution in [2.24, 2.45) is 0 Å². The minimum Gasteiger partial charge on any atom is -0.399 e. The number of aryl methyl sites for hydroxylation is 1. The Balaban J connectivity index is 1.93. The summed E-state index contributed by atoms with van der Waals surface area (Å²) in [4.78, 5) is 10.7. The number of nitrogen functional groups attached to an aromatic ring is 1. The molecule has 6 heteroatoms. The van der Waals surface area contributed by atoms with Gasteiger partial charge in [0.2, 0.25) is 0 Å². The SMILES string of the molecule is Nc1ccc2c(c1)CCC2Nc1cc(Cl)ccc1[N+](=O)[O-]. The number of fused-ring (bicyclic) bond motifs is 1. The second kappa shape index (κ2) is 5.26. The molecule has 1 aliphatic rings. The highest BCUT2D eigenvalue weighted by molar-refractivity contribution is 6.31. The Morgan fingerprint density at radius 3 is 2.86 bits per heavy atom. The first-order valence-electron chi connectivity index (χ1n) is 6.63. The van der Waals surface area contributed by atoms with Crippen molar-refractivity contribution in [3.8, 4) is 0 Å². The molecule has 0 radical (unpaired) electrons. The van der Waals surface area contributed by atoms with Gasteiger partial charge in [0.05, 0.1) is 11.0 Å². The lowest BCUT2D eigenvalue weighted by Gasteiger charge is -2.16. The molecule has 21 heavy (non-hydrogen) atoms. The van der Waals surface area contributed by atoms with E-state index < -0.39 is 4.92 Å². The lowest BCUT2D eigenvalue weighted by Crippen LogP contribution is -2.09. The van der Waals surface area contributed by atoms with Crippen LogP contribution in [0.1, 0.15) is 23.6 Å². The van der Waals surface area contributed by atoms with E-state index in [1.807, 2.05) is 18.2 Å². The third kappa shape index (κ3) is 2.64. The van der Waals surface area contributed by atoms with Gasteiger partial charge in [-0.25, -0.2) is 0 Å². The third-order valence-corrected chi connectivity index (χ3v) is 3.96. The Kier molecular flexibility index (Phi) is 3.43. The molecule has 0 saturated carbocycles. The zero-order valence-electron chi connectivity index (χ0n) is 11.2. The van der Waals surface area contributed by atoms with Crippen LogP contribution in [0.3, 0.4) is 0 Å². The van der Waals surface area contributed by atoms with Gasteiger partial charge in [0.25, 0.3) is 5.69 Å². The Labute approximate surface area is 126 Å². The molecule has 3 N–H and O–H groups in total. The summed E-state index contributed by atoms with van der Waals surface area (Å²) in [6.45, 7) is 0. The quantitative estimate of drug-likeness (QED) is 0.511. The number of benzene rings is 2. The van der Waals surface area contributed by atoms with Crippen LogP contribution in [0.4, 0.5) is 17.1 Å². The summed E-state index contributed by atoms with van der Waals surface area (Å²) in [6.07, 6.45) is 1.79. The average molecular weight is 304 g/mol. The van der Waals surface area contributed by atoms with E-state index in [9.17, 15) is 10.1 Å². The molecule has 1 atom stereocenters. The van der Waals surface area contributed by atoms with Crippen LogP contribution in [0.2, 0.25) is 5.02 Å². The maximum absolute atomic E-state index is 11.1. The monoisotopic (exact) mass is 303 g/mol. The van der Waals surface area contributed by atoms with Crippen molar-refractivity contribution in [2.45, 2.75) is 18.9 Å². The first kappa shape index (κ1) is 13.7. The van der Waals surface area contributed by atoms with E-state index in [1.165, 1.54) is 17.7 Å². The summed E-state index contributed by atoms with van der Waals surface area (Å²) < 4.78 is 0. The van der Waals surface area contributed by atoms with E-state index >= 15 is 0 Å². The molecule has 5 nitrogen and oxygen atoms in total. The molecular weight excluding hydrogens is 290 g/mol. The van der Waals surface area contributed by atoms with Crippen LogP contribution in [0, 0.1) is 10.1 Å². The Morgan fingerprint density at radius 2 is 2.10 bits per heavy atom. The Bertz CT molecular complexity index is 718. The number of rotatable bonds is 3. The summed E-state index contributed by atoms with van der Waals surface area (Å²) in [5, 5.41) is 14.8. The number of halogens is 1. The molecule has 2 aromatic rings. The van der Waals surface area contributed by atoms with Gasteiger partial charge in [0, 0.05) is 16.8 Å². The first-order chi connectivity index (χ1) is 10.0. The molecule has 0 heterocycles. The number of anilines is 2. The molecule has 0 fully saturated rings. The highest BCUT2D eigenvalue weighted by Gasteiger charge is 2.25. The van der Waals surface area contributed by atoms with Crippen LogP contribution in [-0.4, -0.2) is 4.92 Å². The van der Waals surface area contributed by atoms with Crippen molar-refractivity contribution in [1.82, 2.24) is 0 Å². The van der Waals surface area contributed by atoms with E-state index in [0.717, 1.165) is 24.1 Å². The van der Waals surface area contributed by atoms with Crippen molar-refractivity contribution in [3.63, 3.8) is 0 Å². The van der Waals surface area contributed by atoms with Gasteiger partial charge in [-0.1, -0.05) is 17.7 Å². The van der Waals surface area contributed by atoms with Crippen LogP contribution in [0.15, 0.2) is 36.4 Å². The standard InChI is InChI=1S/C15H14ClN3O2/c16-10-2-6-15(19(20)21)14(8-10)18-13-5-1-9-7-11(17)3-4-12(9)13/h2-4,6-8,13,18H,1,5,17H2. The number of nitrogens with one attached hydrogen (secondary N) is 1. The van der Waals surface area contributed by atoms with Crippen molar-refractivity contribution in [3.05, 3.63) is 62.7 Å². The lowest BCUT2D eigenvalue weighted by molar-refractivity contribution is -0.384. The summed E-state index contributed by atoms with van der Waals surface area (Å²) >= 11 is 5.95. The Morgan fingerprint density at radius 1 is 1.29 bits per heavy atom. The molecule has 0 spiro atoms. The smallest absolute Gasteiger partial charge is 0.292 e. The number of nitro groups is 1. The third-order valence-electron chi connectivity index (χ3n) is 3.73. The second-order valence-corrected chi connectivity index (χ2v) is 5.55. The summed E-state index contributed by atoms with van der Waals surface area (Å²) in [7, 11) is 0. The van der Waals surface area contributed by atoms with Crippen molar-refractivity contribution in [1.29, 1.82) is 0 Å². The van der Waals surface area contributed by atoms with E-state index in [4.69, 9.17) is 17.3 Å². The van der Waals surface area contributed by atoms with E-state index in [-0.39, 0.29) is 11.7 Å². The molecule has 1 aliphatic carbocycles. The maximum Gasteiger partial charge on any atom is 0.292 e. The summed E-state index contributed by atoms with van der Waals surface area (Å²) in [6, 6.07) is 10.4. The molecule has 0 amide bonds.